The standard InChI is InChI=1S/C15H21F2N3O2/c1-9-5-13(15(16)17)18-19(9)8-14(22)20-10-3-2-4-11(20)7-12(21)6-10/h5,10-12,15,21H,2-4,6-8H2,1H3/t10-,11+,12?. The van der Waals surface area contributed by atoms with Gasteiger partial charge in [0.1, 0.15) is 12.2 Å². The zero-order valence-corrected chi connectivity index (χ0v) is 12.6. The Hall–Kier alpha value is -1.50. The third kappa shape index (κ3) is 2.86. The van der Waals surface area contributed by atoms with E-state index >= 15 is 0 Å². The van der Waals surface area contributed by atoms with Crippen molar-refractivity contribution < 1.29 is 18.7 Å². The molecule has 1 aromatic rings. The number of alkyl halides is 2. The average molecular weight is 313 g/mol. The van der Waals surface area contributed by atoms with Gasteiger partial charge >= 0.3 is 0 Å². The van der Waals surface area contributed by atoms with Gasteiger partial charge in [0.15, 0.2) is 0 Å². The molecule has 0 aromatic carbocycles. The Morgan fingerprint density at radius 3 is 2.59 bits per heavy atom. The zero-order chi connectivity index (χ0) is 15.9. The van der Waals surface area contributed by atoms with Crippen molar-refractivity contribution in [3.05, 3.63) is 17.5 Å². The number of hydrogen-bond donors (Lipinski definition) is 1. The summed E-state index contributed by atoms with van der Waals surface area (Å²) in [5.74, 6) is -0.0892. The molecule has 2 fully saturated rings. The molecule has 0 saturated carbocycles. The van der Waals surface area contributed by atoms with Gasteiger partial charge in [-0.05, 0) is 45.1 Å². The Bertz CT molecular complexity index is 547. The van der Waals surface area contributed by atoms with Gasteiger partial charge in [-0.2, -0.15) is 5.10 Å². The number of aliphatic hydroxyl groups excluding tert-OH is 1. The Morgan fingerprint density at radius 2 is 2.05 bits per heavy atom. The fourth-order valence-electron chi connectivity index (χ4n) is 3.77. The Kier molecular flexibility index (Phi) is 4.16. The van der Waals surface area contributed by atoms with Crippen molar-refractivity contribution in [2.75, 3.05) is 0 Å². The van der Waals surface area contributed by atoms with Gasteiger partial charge < -0.3 is 10.0 Å². The van der Waals surface area contributed by atoms with Gasteiger partial charge in [0, 0.05) is 17.8 Å². The Labute approximate surface area is 127 Å². The maximum absolute atomic E-state index is 12.7. The molecule has 2 aliphatic heterocycles. The van der Waals surface area contributed by atoms with Crippen LogP contribution >= 0.6 is 0 Å². The smallest absolute Gasteiger partial charge is 0.282 e. The largest absolute Gasteiger partial charge is 0.393 e. The van der Waals surface area contributed by atoms with Crippen LogP contribution in [0, 0.1) is 6.92 Å². The van der Waals surface area contributed by atoms with Crippen LogP contribution < -0.4 is 0 Å². The van der Waals surface area contributed by atoms with Crippen LogP contribution in [0.4, 0.5) is 8.78 Å². The first-order valence-corrected chi connectivity index (χ1v) is 7.77. The summed E-state index contributed by atoms with van der Waals surface area (Å²) in [4.78, 5) is 14.5. The summed E-state index contributed by atoms with van der Waals surface area (Å²) >= 11 is 0. The van der Waals surface area contributed by atoms with E-state index in [9.17, 15) is 18.7 Å². The van der Waals surface area contributed by atoms with Crippen LogP contribution in [0.2, 0.25) is 0 Å². The van der Waals surface area contributed by atoms with E-state index in [1.807, 2.05) is 4.90 Å². The van der Waals surface area contributed by atoms with Gasteiger partial charge in [0.05, 0.1) is 6.10 Å². The number of carbonyl (C=O) groups excluding carboxylic acids is 1. The van der Waals surface area contributed by atoms with Gasteiger partial charge in [-0.3, -0.25) is 9.48 Å². The second-order valence-electron chi connectivity index (χ2n) is 6.33. The highest BCUT2D eigenvalue weighted by atomic mass is 19.3. The van der Waals surface area contributed by atoms with E-state index in [4.69, 9.17) is 0 Å². The molecule has 2 saturated heterocycles. The minimum atomic E-state index is -2.63. The van der Waals surface area contributed by atoms with Gasteiger partial charge in [0.2, 0.25) is 5.91 Å². The molecule has 3 heterocycles. The number of nitrogens with zero attached hydrogens (tertiary/aromatic N) is 3. The topological polar surface area (TPSA) is 58.4 Å². The molecule has 2 bridgehead atoms. The molecule has 3 rings (SSSR count). The summed E-state index contributed by atoms with van der Waals surface area (Å²) in [6.45, 7) is 1.66. The Morgan fingerprint density at radius 1 is 1.41 bits per heavy atom. The van der Waals surface area contributed by atoms with Crippen molar-refractivity contribution in [3.63, 3.8) is 0 Å². The van der Waals surface area contributed by atoms with Gasteiger partial charge in [-0.15, -0.1) is 0 Å². The van der Waals surface area contributed by atoms with Crippen LogP contribution in [-0.2, 0) is 11.3 Å². The first-order chi connectivity index (χ1) is 10.5. The number of piperidine rings is 2. The number of rotatable bonds is 3. The number of amides is 1. The van der Waals surface area contributed by atoms with Crippen LogP contribution in [0.3, 0.4) is 0 Å². The third-order valence-electron chi connectivity index (χ3n) is 4.75. The van der Waals surface area contributed by atoms with Gasteiger partial charge in [0.25, 0.3) is 6.43 Å². The fourth-order valence-corrected chi connectivity index (χ4v) is 3.77. The summed E-state index contributed by atoms with van der Waals surface area (Å²) in [7, 11) is 0. The summed E-state index contributed by atoms with van der Waals surface area (Å²) in [5, 5.41) is 13.7. The van der Waals surface area contributed by atoms with Crippen LogP contribution in [-0.4, -0.2) is 43.9 Å². The third-order valence-corrected chi connectivity index (χ3v) is 4.75. The minimum absolute atomic E-state index is 0.0123. The molecule has 1 amide bonds. The molecule has 0 spiro atoms. The molecule has 0 radical (unpaired) electrons. The van der Waals surface area contributed by atoms with Crippen molar-refractivity contribution in [3.8, 4) is 0 Å². The first-order valence-electron chi connectivity index (χ1n) is 7.77. The highest BCUT2D eigenvalue weighted by Gasteiger charge is 2.40. The van der Waals surface area contributed by atoms with Crippen molar-refractivity contribution >= 4 is 5.91 Å². The van der Waals surface area contributed by atoms with E-state index in [-0.39, 0.29) is 36.3 Å². The van der Waals surface area contributed by atoms with E-state index in [2.05, 4.69) is 5.10 Å². The number of carbonyl (C=O) groups is 1. The molecule has 122 valence electrons. The van der Waals surface area contributed by atoms with Crippen molar-refractivity contribution in [2.24, 2.45) is 0 Å². The molecule has 1 unspecified atom stereocenters. The molecule has 3 atom stereocenters. The van der Waals surface area contributed by atoms with E-state index in [1.165, 1.54) is 10.7 Å². The van der Waals surface area contributed by atoms with Crippen LogP contribution in [0.5, 0.6) is 0 Å². The van der Waals surface area contributed by atoms with Crippen molar-refractivity contribution in [1.82, 2.24) is 14.7 Å². The molecule has 0 aliphatic carbocycles. The lowest BCUT2D eigenvalue weighted by molar-refractivity contribution is -0.144. The number of hydrogen-bond acceptors (Lipinski definition) is 3. The quantitative estimate of drug-likeness (QED) is 0.929. The molecule has 1 aromatic heterocycles. The summed E-state index contributed by atoms with van der Waals surface area (Å²) < 4.78 is 26.7. The highest BCUT2D eigenvalue weighted by Crippen LogP contribution is 2.34. The second kappa shape index (κ2) is 5.95. The number of fused-ring (bicyclic) bond motifs is 2. The molecule has 7 heteroatoms. The summed E-state index contributed by atoms with van der Waals surface area (Å²) in [6.07, 6.45) is 1.14. The number of aliphatic hydroxyl groups is 1. The number of aryl methyl sites for hydroxylation is 1. The Balaban J connectivity index is 1.74. The minimum Gasteiger partial charge on any atom is -0.393 e. The lowest BCUT2D eigenvalue weighted by Gasteiger charge is -2.47. The van der Waals surface area contributed by atoms with Gasteiger partial charge in [-0.25, -0.2) is 8.78 Å². The average Bonchev–Trinajstić information content (AvgIpc) is 2.79. The van der Waals surface area contributed by atoms with Crippen molar-refractivity contribution in [1.29, 1.82) is 0 Å². The molecule has 2 aliphatic rings. The first kappa shape index (κ1) is 15.4. The number of halogens is 2. The summed E-state index contributed by atoms with van der Waals surface area (Å²) in [5.41, 5.74) is 0.269. The van der Waals surface area contributed by atoms with Gasteiger partial charge in [-0.1, -0.05) is 0 Å². The molecule has 22 heavy (non-hydrogen) atoms. The fraction of sp³-hybridized carbons (Fsp3) is 0.733. The molecular formula is C15H21F2N3O2. The predicted molar refractivity (Wildman–Crippen MR) is 75.4 cm³/mol. The lowest BCUT2D eigenvalue weighted by Crippen LogP contribution is -2.56. The van der Waals surface area contributed by atoms with E-state index in [0.717, 1.165) is 19.3 Å². The highest BCUT2D eigenvalue weighted by molar-refractivity contribution is 5.77. The normalized spacial score (nSPS) is 28.2. The van der Waals surface area contributed by atoms with Crippen LogP contribution in [0.1, 0.15) is 49.9 Å². The maximum atomic E-state index is 12.7. The lowest BCUT2D eigenvalue weighted by atomic mass is 9.83. The van der Waals surface area contributed by atoms with Crippen LogP contribution in [0.25, 0.3) is 0 Å². The molecule has 5 nitrogen and oxygen atoms in total. The van der Waals surface area contributed by atoms with E-state index in [1.54, 1.807) is 6.92 Å². The molecule has 1 N–H and O–H groups in total. The van der Waals surface area contributed by atoms with E-state index < -0.39 is 6.43 Å². The maximum Gasteiger partial charge on any atom is 0.282 e. The second-order valence-corrected chi connectivity index (χ2v) is 6.33. The predicted octanol–water partition coefficient (Wildman–Crippen LogP) is 2.03. The van der Waals surface area contributed by atoms with E-state index in [0.29, 0.717) is 18.5 Å². The van der Waals surface area contributed by atoms with Crippen molar-refractivity contribution in [2.45, 2.75) is 70.2 Å². The number of aromatic nitrogens is 2. The molecular weight excluding hydrogens is 292 g/mol. The van der Waals surface area contributed by atoms with Crippen LogP contribution in [0.15, 0.2) is 6.07 Å². The summed E-state index contributed by atoms with van der Waals surface area (Å²) in [6, 6.07) is 1.46. The SMILES string of the molecule is Cc1cc(C(F)F)nn1CC(=O)N1[C@@H]2CCC[C@H]1CC(O)C2. The monoisotopic (exact) mass is 313 g/mol. The zero-order valence-electron chi connectivity index (χ0n) is 12.6.